The summed E-state index contributed by atoms with van der Waals surface area (Å²) in [5.74, 6) is 0. The van der Waals surface area contributed by atoms with Crippen LogP contribution in [0.15, 0.2) is 11.6 Å². The van der Waals surface area contributed by atoms with Gasteiger partial charge in [-0.25, -0.2) is 0 Å². The van der Waals surface area contributed by atoms with Crippen molar-refractivity contribution in [3.8, 4) is 0 Å². The molecule has 0 aromatic carbocycles. The number of aliphatic hydroxyl groups excluding tert-OH is 1. The van der Waals surface area contributed by atoms with Gasteiger partial charge in [-0.3, -0.25) is 0 Å². The molecule has 2 aliphatic rings. The van der Waals surface area contributed by atoms with Crippen molar-refractivity contribution in [3.05, 3.63) is 11.6 Å². The molecule has 0 unspecified atom stereocenters. The molecule has 0 aromatic heterocycles. The molecule has 2 rings (SSSR count). The second-order valence-corrected chi connectivity index (χ2v) is 4.58. The molecule has 68 valence electrons. The number of hydrogen-bond donors (Lipinski definition) is 1. The lowest BCUT2D eigenvalue weighted by molar-refractivity contribution is 0.104. The normalized spacial score (nSPS) is 41.8. The van der Waals surface area contributed by atoms with Crippen molar-refractivity contribution >= 4 is 0 Å². The second-order valence-electron chi connectivity index (χ2n) is 4.58. The van der Waals surface area contributed by atoms with E-state index in [1.807, 2.05) is 0 Å². The Hall–Kier alpha value is -0.300. The van der Waals surface area contributed by atoms with E-state index in [0.717, 1.165) is 12.8 Å². The van der Waals surface area contributed by atoms with E-state index in [-0.39, 0.29) is 6.10 Å². The zero-order chi connectivity index (χ0) is 8.60. The maximum absolute atomic E-state index is 9.52. The summed E-state index contributed by atoms with van der Waals surface area (Å²) < 4.78 is 0. The van der Waals surface area contributed by atoms with Crippen LogP contribution in [0.1, 0.15) is 45.4 Å². The third-order valence-electron chi connectivity index (χ3n) is 3.58. The highest BCUT2D eigenvalue weighted by molar-refractivity contribution is 5.19. The number of rotatable bonds is 0. The lowest BCUT2D eigenvalue weighted by Gasteiger charge is -2.41. The van der Waals surface area contributed by atoms with Gasteiger partial charge >= 0.3 is 0 Å². The van der Waals surface area contributed by atoms with Crippen molar-refractivity contribution < 1.29 is 5.11 Å². The minimum Gasteiger partial charge on any atom is -0.393 e. The summed E-state index contributed by atoms with van der Waals surface area (Å²) in [6, 6.07) is 0. The molecule has 0 amide bonds. The summed E-state index contributed by atoms with van der Waals surface area (Å²) in [4.78, 5) is 0. The first kappa shape index (κ1) is 8.31. The molecule has 1 nitrogen and oxygen atoms in total. The Kier molecular flexibility index (Phi) is 1.99. The molecular weight excluding hydrogens is 148 g/mol. The fourth-order valence-corrected chi connectivity index (χ4v) is 2.63. The molecule has 1 saturated carbocycles. The standard InChI is InChI=1S/C11H18O/c1-11-6-3-2-4-9(11)8-10(12)5-7-11/h4,10,12H,2-3,5-8H2,1H3/t10-,11-/m1/s1. The van der Waals surface area contributed by atoms with Crippen LogP contribution in [0.3, 0.4) is 0 Å². The van der Waals surface area contributed by atoms with E-state index < -0.39 is 0 Å². The highest BCUT2D eigenvalue weighted by Crippen LogP contribution is 2.46. The van der Waals surface area contributed by atoms with Crippen LogP contribution in [-0.2, 0) is 0 Å². The molecule has 0 bridgehead atoms. The Balaban J connectivity index is 2.19. The first-order valence-corrected chi connectivity index (χ1v) is 5.08. The Morgan fingerprint density at radius 3 is 3.17 bits per heavy atom. The minimum atomic E-state index is -0.0533. The van der Waals surface area contributed by atoms with Crippen molar-refractivity contribution in [1.82, 2.24) is 0 Å². The van der Waals surface area contributed by atoms with Crippen LogP contribution in [0, 0.1) is 5.41 Å². The van der Waals surface area contributed by atoms with E-state index in [1.165, 1.54) is 31.3 Å². The molecule has 0 radical (unpaired) electrons. The van der Waals surface area contributed by atoms with Gasteiger partial charge in [0.25, 0.3) is 0 Å². The SMILES string of the molecule is C[C@]12CCCC=C1C[C@H](O)CC2. The number of fused-ring (bicyclic) bond motifs is 1. The monoisotopic (exact) mass is 166 g/mol. The molecule has 0 aliphatic heterocycles. The van der Waals surface area contributed by atoms with E-state index in [9.17, 15) is 5.11 Å². The Morgan fingerprint density at radius 2 is 2.33 bits per heavy atom. The van der Waals surface area contributed by atoms with E-state index in [2.05, 4.69) is 13.0 Å². The number of aliphatic hydroxyl groups is 1. The van der Waals surface area contributed by atoms with E-state index >= 15 is 0 Å². The van der Waals surface area contributed by atoms with Crippen molar-refractivity contribution in [2.75, 3.05) is 0 Å². The third-order valence-corrected chi connectivity index (χ3v) is 3.58. The minimum absolute atomic E-state index is 0.0533. The van der Waals surface area contributed by atoms with Crippen molar-refractivity contribution in [3.63, 3.8) is 0 Å². The van der Waals surface area contributed by atoms with Gasteiger partial charge in [0.15, 0.2) is 0 Å². The van der Waals surface area contributed by atoms with E-state index in [1.54, 1.807) is 0 Å². The largest absolute Gasteiger partial charge is 0.393 e. The molecule has 2 atom stereocenters. The van der Waals surface area contributed by atoms with Crippen LogP contribution in [0.25, 0.3) is 0 Å². The lowest BCUT2D eigenvalue weighted by Crippen LogP contribution is -2.31. The predicted molar refractivity (Wildman–Crippen MR) is 49.9 cm³/mol. The Labute approximate surface area is 74.5 Å². The van der Waals surface area contributed by atoms with Gasteiger partial charge in [-0.2, -0.15) is 0 Å². The van der Waals surface area contributed by atoms with Gasteiger partial charge in [0.2, 0.25) is 0 Å². The molecular formula is C11H18O. The van der Waals surface area contributed by atoms with Crippen LogP contribution < -0.4 is 0 Å². The smallest absolute Gasteiger partial charge is 0.0577 e. The average Bonchev–Trinajstić information content (AvgIpc) is 2.06. The van der Waals surface area contributed by atoms with E-state index in [4.69, 9.17) is 0 Å². The Morgan fingerprint density at radius 1 is 1.50 bits per heavy atom. The molecule has 0 spiro atoms. The van der Waals surface area contributed by atoms with Crippen LogP contribution in [0.2, 0.25) is 0 Å². The van der Waals surface area contributed by atoms with Crippen LogP contribution in [0.4, 0.5) is 0 Å². The zero-order valence-corrected chi connectivity index (χ0v) is 7.84. The van der Waals surface area contributed by atoms with Gasteiger partial charge in [0.05, 0.1) is 6.10 Å². The molecule has 2 aliphatic carbocycles. The van der Waals surface area contributed by atoms with Gasteiger partial charge in [0, 0.05) is 0 Å². The first-order valence-electron chi connectivity index (χ1n) is 5.08. The maximum Gasteiger partial charge on any atom is 0.0577 e. The van der Waals surface area contributed by atoms with Gasteiger partial charge in [-0.05, 0) is 43.9 Å². The van der Waals surface area contributed by atoms with Crippen molar-refractivity contribution in [2.45, 2.75) is 51.6 Å². The van der Waals surface area contributed by atoms with Crippen molar-refractivity contribution in [2.24, 2.45) is 5.41 Å². The predicted octanol–water partition coefficient (Wildman–Crippen LogP) is 2.65. The summed E-state index contributed by atoms with van der Waals surface area (Å²) in [7, 11) is 0. The van der Waals surface area contributed by atoms with Crippen molar-refractivity contribution in [1.29, 1.82) is 0 Å². The quantitative estimate of drug-likeness (QED) is 0.548. The first-order chi connectivity index (χ1) is 5.71. The highest BCUT2D eigenvalue weighted by atomic mass is 16.3. The third kappa shape index (κ3) is 1.31. The molecule has 0 saturated heterocycles. The number of allylic oxidation sites excluding steroid dienone is 1. The molecule has 0 aromatic rings. The molecule has 12 heavy (non-hydrogen) atoms. The van der Waals surface area contributed by atoms with Crippen LogP contribution in [0.5, 0.6) is 0 Å². The van der Waals surface area contributed by atoms with Gasteiger partial charge in [-0.1, -0.05) is 18.6 Å². The summed E-state index contributed by atoms with van der Waals surface area (Å²) in [6.45, 7) is 2.36. The fraction of sp³-hybridized carbons (Fsp3) is 0.818. The molecule has 1 fully saturated rings. The fourth-order valence-electron chi connectivity index (χ4n) is 2.63. The van der Waals surface area contributed by atoms with Gasteiger partial charge in [0.1, 0.15) is 0 Å². The van der Waals surface area contributed by atoms with Gasteiger partial charge < -0.3 is 5.11 Å². The zero-order valence-electron chi connectivity index (χ0n) is 7.84. The van der Waals surface area contributed by atoms with Crippen LogP contribution >= 0.6 is 0 Å². The average molecular weight is 166 g/mol. The molecule has 1 heteroatoms. The topological polar surface area (TPSA) is 20.2 Å². The molecule has 0 heterocycles. The Bertz CT molecular complexity index is 207. The lowest BCUT2D eigenvalue weighted by atomic mass is 9.65. The summed E-state index contributed by atoms with van der Waals surface area (Å²) in [5, 5.41) is 9.52. The summed E-state index contributed by atoms with van der Waals surface area (Å²) in [6.07, 6.45) is 9.37. The van der Waals surface area contributed by atoms with Gasteiger partial charge in [-0.15, -0.1) is 0 Å². The summed E-state index contributed by atoms with van der Waals surface area (Å²) >= 11 is 0. The van der Waals surface area contributed by atoms with E-state index in [0.29, 0.717) is 5.41 Å². The number of hydrogen-bond acceptors (Lipinski definition) is 1. The maximum atomic E-state index is 9.52. The van der Waals surface area contributed by atoms with Crippen LogP contribution in [-0.4, -0.2) is 11.2 Å². The second kappa shape index (κ2) is 2.88. The highest BCUT2D eigenvalue weighted by Gasteiger charge is 2.35. The molecule has 1 N–H and O–H groups in total. The summed E-state index contributed by atoms with van der Waals surface area (Å²) in [5.41, 5.74) is 1.99.